The number of rotatable bonds is 3. The van der Waals surface area contributed by atoms with Gasteiger partial charge in [0.25, 0.3) is 0 Å². The summed E-state index contributed by atoms with van der Waals surface area (Å²) in [6, 6.07) is 61.8. The quantitative estimate of drug-likeness (QED) is 0.168. The molecule has 0 spiro atoms. The van der Waals surface area contributed by atoms with Gasteiger partial charge in [0.15, 0.2) is 0 Å². The van der Waals surface area contributed by atoms with Crippen molar-refractivity contribution in [2.45, 2.75) is 19.8 Å². The maximum atomic E-state index is 2.50. The maximum Gasteiger partial charge on any atom is -0.000718 e. The second-order valence-corrected chi connectivity index (χ2v) is 14.6. The van der Waals surface area contributed by atoms with Crippen LogP contribution in [0.25, 0.3) is 109 Å². The third kappa shape index (κ3) is 4.08. The summed E-state index contributed by atoms with van der Waals surface area (Å²) in [6.07, 6.45) is 0. The van der Waals surface area contributed by atoms with E-state index in [9.17, 15) is 0 Å². The third-order valence-electron chi connectivity index (χ3n) is 11.5. The van der Waals surface area contributed by atoms with Gasteiger partial charge in [-0.1, -0.05) is 153 Å². The zero-order valence-electron chi connectivity index (χ0n) is 28.7. The Morgan fingerprint density at radius 1 is 0.314 bits per heavy atom. The Kier molecular flexibility index (Phi) is 5.96. The van der Waals surface area contributed by atoms with Crippen molar-refractivity contribution in [2.24, 2.45) is 0 Å². The minimum Gasteiger partial charge on any atom is -0.0616 e. The van der Waals surface area contributed by atoms with Crippen LogP contribution < -0.4 is 0 Å². The lowest BCUT2D eigenvalue weighted by Crippen LogP contribution is -1.94. The Bertz CT molecular complexity index is 2970. The van der Waals surface area contributed by atoms with Crippen LogP contribution in [0.1, 0.15) is 25.3 Å². The topological polar surface area (TPSA) is 0 Å². The van der Waals surface area contributed by atoms with Gasteiger partial charge in [-0.15, -0.1) is 0 Å². The minimum atomic E-state index is 0.449. The molecule has 0 heteroatoms. The van der Waals surface area contributed by atoms with E-state index in [2.05, 4.69) is 178 Å². The largest absolute Gasteiger partial charge is 0.0616 e. The molecule has 1 aliphatic rings. The Balaban J connectivity index is 1.39. The van der Waals surface area contributed by atoms with Gasteiger partial charge >= 0.3 is 0 Å². The molecule has 0 N–H and O–H groups in total. The van der Waals surface area contributed by atoms with Crippen LogP contribution in [-0.4, -0.2) is 0 Å². The molecular weight excluding hydrogens is 613 g/mol. The lowest BCUT2D eigenvalue weighted by atomic mass is 9.82. The maximum absolute atomic E-state index is 2.50. The van der Waals surface area contributed by atoms with Crippen LogP contribution in [0.3, 0.4) is 0 Å². The van der Waals surface area contributed by atoms with Crippen molar-refractivity contribution in [2.75, 3.05) is 0 Å². The Labute approximate surface area is 297 Å². The number of hydrogen-bond acceptors (Lipinski definition) is 0. The SMILES string of the molecule is CC(C)c1ccc2cc3c4c(cc5ccccc5c4c2c1)-c1c-3c(-c2ccc3ccccc3c2)c2ccccc2c1-c1ccc2ccccc2c1. The third-order valence-corrected chi connectivity index (χ3v) is 11.5. The van der Waals surface area contributed by atoms with Gasteiger partial charge in [-0.25, -0.2) is 0 Å². The predicted octanol–water partition coefficient (Wildman–Crippen LogP) is 14.7. The number of benzene rings is 10. The summed E-state index contributed by atoms with van der Waals surface area (Å²) in [4.78, 5) is 0. The lowest BCUT2D eigenvalue weighted by molar-refractivity contribution is 0.869. The van der Waals surface area contributed by atoms with Gasteiger partial charge in [-0.3, -0.25) is 0 Å². The molecule has 1 aliphatic carbocycles. The van der Waals surface area contributed by atoms with E-state index in [0.29, 0.717) is 5.92 Å². The zero-order chi connectivity index (χ0) is 33.8. The van der Waals surface area contributed by atoms with E-state index >= 15 is 0 Å². The van der Waals surface area contributed by atoms with E-state index in [1.54, 1.807) is 0 Å². The molecule has 10 aromatic carbocycles. The van der Waals surface area contributed by atoms with Crippen LogP contribution in [-0.2, 0) is 0 Å². The molecule has 0 fully saturated rings. The lowest BCUT2D eigenvalue weighted by Gasteiger charge is -2.21. The summed E-state index contributed by atoms with van der Waals surface area (Å²) in [5.41, 5.74) is 11.9. The summed E-state index contributed by atoms with van der Waals surface area (Å²) in [6.45, 7) is 4.60. The molecule has 0 unspecified atom stereocenters. The van der Waals surface area contributed by atoms with E-state index in [1.807, 2.05) is 0 Å². The Morgan fingerprint density at radius 3 is 1.31 bits per heavy atom. The first kappa shape index (κ1) is 28.6. The highest BCUT2D eigenvalue weighted by Crippen LogP contribution is 2.60. The summed E-state index contributed by atoms with van der Waals surface area (Å²) in [7, 11) is 0. The molecule has 0 saturated heterocycles. The Morgan fingerprint density at radius 2 is 0.765 bits per heavy atom. The molecule has 0 bridgehead atoms. The molecular formula is C51H34. The normalized spacial score (nSPS) is 12.3. The molecule has 0 heterocycles. The average Bonchev–Trinajstić information content (AvgIpc) is 3.49. The molecule has 0 radical (unpaired) electrons. The molecule has 0 aromatic heterocycles. The van der Waals surface area contributed by atoms with Crippen LogP contribution in [0.2, 0.25) is 0 Å². The minimum absolute atomic E-state index is 0.449. The van der Waals surface area contributed by atoms with E-state index in [-0.39, 0.29) is 0 Å². The summed E-state index contributed by atoms with van der Waals surface area (Å²) >= 11 is 0. The fourth-order valence-electron chi connectivity index (χ4n) is 9.07. The fourth-order valence-corrected chi connectivity index (χ4v) is 9.07. The van der Waals surface area contributed by atoms with Crippen molar-refractivity contribution < 1.29 is 0 Å². The first-order valence-electron chi connectivity index (χ1n) is 18.1. The smallest absolute Gasteiger partial charge is 0.000718 e. The van der Waals surface area contributed by atoms with Gasteiger partial charge in [0, 0.05) is 0 Å². The Hall–Kier alpha value is -6.24. The van der Waals surface area contributed by atoms with Crippen molar-refractivity contribution in [3.8, 4) is 44.5 Å². The van der Waals surface area contributed by atoms with Crippen LogP contribution >= 0.6 is 0 Å². The first-order chi connectivity index (χ1) is 25.1. The van der Waals surface area contributed by atoms with Gasteiger partial charge in [-0.05, 0) is 145 Å². The van der Waals surface area contributed by atoms with Gasteiger partial charge in [0.05, 0.1) is 0 Å². The molecule has 11 rings (SSSR count). The molecule has 51 heavy (non-hydrogen) atoms. The molecule has 0 aliphatic heterocycles. The summed E-state index contributed by atoms with van der Waals surface area (Å²) in [5.74, 6) is 0.449. The highest BCUT2D eigenvalue weighted by atomic mass is 14.3. The van der Waals surface area contributed by atoms with Gasteiger partial charge in [0.1, 0.15) is 0 Å². The van der Waals surface area contributed by atoms with Crippen molar-refractivity contribution in [1.29, 1.82) is 0 Å². The zero-order valence-corrected chi connectivity index (χ0v) is 28.7. The van der Waals surface area contributed by atoms with Crippen molar-refractivity contribution in [1.82, 2.24) is 0 Å². The molecule has 0 amide bonds. The van der Waals surface area contributed by atoms with E-state index in [4.69, 9.17) is 0 Å². The highest BCUT2D eigenvalue weighted by molar-refractivity contribution is 6.35. The van der Waals surface area contributed by atoms with Crippen molar-refractivity contribution in [3.63, 3.8) is 0 Å². The summed E-state index contributed by atoms with van der Waals surface area (Å²) in [5, 5.41) is 15.6. The second kappa shape index (κ2) is 10.6. The van der Waals surface area contributed by atoms with Gasteiger partial charge in [0.2, 0.25) is 0 Å². The fraction of sp³-hybridized carbons (Fsp3) is 0.0588. The monoisotopic (exact) mass is 646 g/mol. The van der Waals surface area contributed by atoms with Crippen LogP contribution in [0.15, 0.2) is 164 Å². The number of fused-ring (bicyclic) bond motifs is 10. The van der Waals surface area contributed by atoms with Gasteiger partial charge < -0.3 is 0 Å². The standard InChI is InChI=1S/C51H34/c1-30(2)33-21-22-37-29-45-49-44(28-36-15-7-8-16-40(36)48(49)43(37)27-33)50-46(38-23-19-31-11-3-5-13-34(31)25-38)41-17-9-10-18-42(41)47(51(45)50)39-24-20-32-12-4-6-14-35(32)26-39/h3-30H,1-2H3. The van der Waals surface area contributed by atoms with Crippen LogP contribution in [0.5, 0.6) is 0 Å². The molecule has 0 nitrogen and oxygen atoms in total. The van der Waals surface area contributed by atoms with E-state index in [0.717, 1.165) is 0 Å². The van der Waals surface area contributed by atoms with Crippen LogP contribution in [0, 0.1) is 0 Å². The number of hydrogen-bond donors (Lipinski definition) is 0. The van der Waals surface area contributed by atoms with Gasteiger partial charge in [-0.2, -0.15) is 0 Å². The van der Waals surface area contributed by atoms with E-state index in [1.165, 1.54) is 115 Å². The molecule has 10 aromatic rings. The highest BCUT2D eigenvalue weighted by Gasteiger charge is 2.32. The predicted molar refractivity (Wildman–Crippen MR) is 221 cm³/mol. The first-order valence-corrected chi connectivity index (χ1v) is 18.1. The second-order valence-electron chi connectivity index (χ2n) is 14.6. The molecule has 0 atom stereocenters. The van der Waals surface area contributed by atoms with Crippen LogP contribution in [0.4, 0.5) is 0 Å². The van der Waals surface area contributed by atoms with E-state index < -0.39 is 0 Å². The molecule has 0 saturated carbocycles. The van der Waals surface area contributed by atoms with Crippen molar-refractivity contribution in [3.05, 3.63) is 169 Å². The molecule has 238 valence electrons. The summed E-state index contributed by atoms with van der Waals surface area (Å²) < 4.78 is 0. The van der Waals surface area contributed by atoms with Crippen molar-refractivity contribution >= 4 is 64.6 Å². The average molecular weight is 647 g/mol.